The predicted molar refractivity (Wildman–Crippen MR) is 159 cm³/mol. The number of carbonyl (C=O) groups is 2. The molecule has 0 radical (unpaired) electrons. The Labute approximate surface area is 268 Å². The maximum Gasteiger partial charge on any atom is 0.407 e. The molecule has 1 aliphatic rings. The zero-order valence-corrected chi connectivity index (χ0v) is 27.4. The van der Waals surface area contributed by atoms with Crippen LogP contribution in [-0.4, -0.2) is 79.8 Å². The highest BCUT2D eigenvalue weighted by Gasteiger charge is 2.48. The summed E-state index contributed by atoms with van der Waals surface area (Å²) in [6, 6.07) is 3.89. The Balaban J connectivity index is 1.37. The number of carbonyl (C=O) groups excluding carboxylic acids is 1. The van der Waals surface area contributed by atoms with E-state index in [9.17, 15) is 36.3 Å². The van der Waals surface area contributed by atoms with Crippen LogP contribution in [-0.2, 0) is 16.6 Å². The van der Waals surface area contributed by atoms with E-state index in [1.807, 2.05) is 18.6 Å². The number of sulfonamides is 1. The number of alkyl halides is 3. The highest BCUT2D eigenvalue weighted by atomic mass is 35.5. The van der Waals surface area contributed by atoms with Gasteiger partial charge in [0.2, 0.25) is 5.88 Å². The second-order valence-electron chi connectivity index (χ2n) is 12.4. The topological polar surface area (TPSA) is 162 Å². The summed E-state index contributed by atoms with van der Waals surface area (Å²) in [4.78, 5) is 29.7. The molecule has 3 aromatic heterocycles. The fraction of sp³-hybridized carbons (Fsp3) is 0.536. The van der Waals surface area contributed by atoms with Crippen molar-refractivity contribution in [3.63, 3.8) is 0 Å². The number of amides is 2. The van der Waals surface area contributed by atoms with Gasteiger partial charge in [-0.2, -0.15) is 18.3 Å². The van der Waals surface area contributed by atoms with Crippen molar-refractivity contribution < 1.29 is 41.0 Å². The van der Waals surface area contributed by atoms with Crippen LogP contribution < -0.4 is 9.46 Å². The molecule has 1 atom stereocenters. The van der Waals surface area contributed by atoms with Gasteiger partial charge in [-0.25, -0.2) is 27.6 Å². The second kappa shape index (κ2) is 12.7. The first-order valence-electron chi connectivity index (χ1n) is 14.2. The lowest BCUT2D eigenvalue weighted by Gasteiger charge is -2.28. The van der Waals surface area contributed by atoms with Gasteiger partial charge in [-0.1, -0.05) is 11.6 Å². The standard InChI is InChI=1S/C28H35ClF3N7O6S/c1-17-20(14-33-38(17)11-6-7-18-13-27(4,5)37(15-18)25(41)42)46(43,44)36-24(40)19-8-9-21(34-23(19)29)39-12-10-22(35-39)45-16-26(2,3)28(30,31)32/h8-10,12,14,18H,6-7,11,13,15-16H2,1-5H3,(H,36,40)(H,41,42). The first-order valence-corrected chi connectivity index (χ1v) is 16.1. The summed E-state index contributed by atoms with van der Waals surface area (Å²) in [6.45, 7) is 7.51. The molecule has 13 nitrogen and oxygen atoms in total. The van der Waals surface area contributed by atoms with E-state index in [2.05, 4.69) is 15.2 Å². The number of hydrogen-bond acceptors (Lipinski definition) is 8. The molecule has 252 valence electrons. The molecule has 0 spiro atoms. The molecule has 1 aliphatic heterocycles. The van der Waals surface area contributed by atoms with Gasteiger partial charge >= 0.3 is 12.3 Å². The van der Waals surface area contributed by atoms with Crippen LogP contribution in [0.5, 0.6) is 5.88 Å². The lowest BCUT2D eigenvalue weighted by molar-refractivity contribution is -0.219. The SMILES string of the molecule is Cc1c(S(=O)(=O)NC(=O)c2ccc(-n3ccc(OCC(C)(C)C(F)(F)F)n3)nc2Cl)cnn1CCCC1CN(C(=O)O)C(C)(C)C1. The third kappa shape index (κ3) is 7.57. The summed E-state index contributed by atoms with van der Waals surface area (Å²) >= 11 is 6.20. The molecule has 4 rings (SSSR count). The molecule has 1 saturated heterocycles. The number of nitrogens with one attached hydrogen (secondary N) is 1. The van der Waals surface area contributed by atoms with Gasteiger partial charge in [-0.05, 0) is 71.9 Å². The monoisotopic (exact) mass is 689 g/mol. The zero-order chi connectivity index (χ0) is 34.2. The lowest BCUT2D eigenvalue weighted by atomic mass is 9.93. The molecule has 18 heteroatoms. The molecular formula is C28H35ClF3N7O6S. The Bertz CT molecular complexity index is 1720. The molecule has 0 aliphatic carbocycles. The first kappa shape index (κ1) is 35.0. The number of rotatable bonds is 11. The molecule has 0 aromatic carbocycles. The smallest absolute Gasteiger partial charge is 0.407 e. The molecule has 3 aromatic rings. The van der Waals surface area contributed by atoms with Gasteiger partial charge < -0.3 is 14.7 Å². The van der Waals surface area contributed by atoms with E-state index < -0.39 is 45.8 Å². The average Bonchev–Trinajstić information content (AvgIpc) is 3.63. The van der Waals surface area contributed by atoms with Crippen LogP contribution in [0, 0.1) is 18.3 Å². The van der Waals surface area contributed by atoms with Crippen LogP contribution in [0.25, 0.3) is 5.82 Å². The number of pyridine rings is 1. The molecule has 4 heterocycles. The van der Waals surface area contributed by atoms with E-state index in [1.165, 1.54) is 38.7 Å². The van der Waals surface area contributed by atoms with Gasteiger partial charge in [0.25, 0.3) is 15.9 Å². The molecule has 2 N–H and O–H groups in total. The number of likely N-dealkylation sites (tertiary alicyclic amines) is 1. The van der Waals surface area contributed by atoms with Crippen LogP contribution in [0.4, 0.5) is 18.0 Å². The van der Waals surface area contributed by atoms with Crippen LogP contribution in [0.3, 0.4) is 0 Å². The van der Waals surface area contributed by atoms with Crippen LogP contribution >= 0.6 is 11.6 Å². The van der Waals surface area contributed by atoms with Crippen molar-refractivity contribution in [2.75, 3.05) is 13.2 Å². The maximum absolute atomic E-state index is 13.1. The van der Waals surface area contributed by atoms with Crippen molar-refractivity contribution in [3.05, 3.63) is 47.0 Å². The zero-order valence-electron chi connectivity index (χ0n) is 25.8. The Hall–Kier alpha value is -3.86. The molecule has 1 fully saturated rings. The summed E-state index contributed by atoms with van der Waals surface area (Å²) in [5.74, 6) is -0.856. The second-order valence-corrected chi connectivity index (χ2v) is 14.5. The van der Waals surface area contributed by atoms with E-state index in [0.29, 0.717) is 25.2 Å². The number of hydrogen-bond donors (Lipinski definition) is 2. The number of nitrogens with zero attached hydrogens (tertiary/aromatic N) is 6. The summed E-state index contributed by atoms with van der Waals surface area (Å²) in [7, 11) is -4.35. The number of aryl methyl sites for hydroxylation is 1. The minimum atomic E-state index is -4.48. The van der Waals surface area contributed by atoms with Crippen molar-refractivity contribution in [2.45, 2.75) is 77.0 Å². The number of aromatic nitrogens is 5. The lowest BCUT2D eigenvalue weighted by Crippen LogP contribution is -2.41. The molecule has 0 bridgehead atoms. The van der Waals surface area contributed by atoms with E-state index in [4.69, 9.17) is 16.3 Å². The quantitative estimate of drug-likeness (QED) is 0.262. The van der Waals surface area contributed by atoms with E-state index in [0.717, 1.165) is 32.9 Å². The van der Waals surface area contributed by atoms with Crippen LogP contribution in [0.1, 0.15) is 63.0 Å². The van der Waals surface area contributed by atoms with Crippen molar-refractivity contribution in [2.24, 2.45) is 11.3 Å². The number of halogens is 4. The largest absolute Gasteiger partial charge is 0.476 e. The van der Waals surface area contributed by atoms with Gasteiger partial charge in [-0.3, -0.25) is 9.48 Å². The minimum Gasteiger partial charge on any atom is -0.476 e. The summed E-state index contributed by atoms with van der Waals surface area (Å²) in [5, 5.41) is 17.3. The average molecular weight is 690 g/mol. The molecular weight excluding hydrogens is 655 g/mol. The Morgan fingerprint density at radius 2 is 1.91 bits per heavy atom. The van der Waals surface area contributed by atoms with E-state index >= 15 is 0 Å². The van der Waals surface area contributed by atoms with Crippen LogP contribution in [0.15, 0.2) is 35.5 Å². The Morgan fingerprint density at radius 1 is 1.22 bits per heavy atom. The van der Waals surface area contributed by atoms with Gasteiger partial charge in [0, 0.05) is 30.9 Å². The summed E-state index contributed by atoms with van der Waals surface area (Å²) in [6.07, 6.45) is -0.808. The number of carboxylic acid groups (broad SMARTS) is 1. The maximum atomic E-state index is 13.1. The molecule has 1 unspecified atom stereocenters. The van der Waals surface area contributed by atoms with Gasteiger partial charge in [0.1, 0.15) is 16.7 Å². The third-order valence-corrected chi connectivity index (χ3v) is 9.70. The third-order valence-electron chi connectivity index (χ3n) is 7.97. The predicted octanol–water partition coefficient (Wildman–Crippen LogP) is 5.07. The highest BCUT2D eigenvalue weighted by molar-refractivity contribution is 7.90. The van der Waals surface area contributed by atoms with Gasteiger partial charge in [0.05, 0.1) is 22.9 Å². The first-order chi connectivity index (χ1) is 21.2. The fourth-order valence-corrected chi connectivity index (χ4v) is 6.55. The van der Waals surface area contributed by atoms with E-state index in [-0.39, 0.29) is 33.2 Å². The fourth-order valence-electron chi connectivity index (χ4n) is 5.17. The number of ether oxygens (including phenoxy) is 1. The van der Waals surface area contributed by atoms with Gasteiger partial charge in [0.15, 0.2) is 5.82 Å². The van der Waals surface area contributed by atoms with E-state index in [1.54, 1.807) is 6.92 Å². The minimum absolute atomic E-state index is 0.0913. The van der Waals surface area contributed by atoms with Crippen molar-refractivity contribution in [1.82, 2.24) is 34.2 Å². The van der Waals surface area contributed by atoms with Gasteiger partial charge in [-0.15, -0.1) is 5.10 Å². The van der Waals surface area contributed by atoms with Crippen molar-refractivity contribution in [1.29, 1.82) is 0 Å². The van der Waals surface area contributed by atoms with Crippen molar-refractivity contribution >= 4 is 33.6 Å². The summed E-state index contributed by atoms with van der Waals surface area (Å²) < 4.78 is 75.3. The Kier molecular flexibility index (Phi) is 9.69. The van der Waals surface area contributed by atoms with Crippen LogP contribution in [0.2, 0.25) is 5.15 Å². The highest BCUT2D eigenvalue weighted by Crippen LogP contribution is 2.38. The molecule has 0 saturated carbocycles. The Morgan fingerprint density at radius 3 is 2.52 bits per heavy atom. The van der Waals surface area contributed by atoms with Crippen molar-refractivity contribution in [3.8, 4) is 11.7 Å². The summed E-state index contributed by atoms with van der Waals surface area (Å²) in [5.41, 5.74) is -2.49. The molecule has 2 amide bonds. The molecule has 46 heavy (non-hydrogen) atoms. The normalized spacial score (nSPS) is 16.9.